The SMILES string of the molecule is O=c1[nH]ncc2cncn12.O=c1[nH]ncc2cncn12. The number of rotatable bonds is 0. The molecule has 0 unspecified atom stereocenters. The van der Waals surface area contributed by atoms with Crippen LogP contribution in [-0.4, -0.2) is 39.2 Å². The molecule has 0 aliphatic rings. The quantitative estimate of drug-likeness (QED) is 0.415. The Morgan fingerprint density at radius 1 is 0.750 bits per heavy atom. The summed E-state index contributed by atoms with van der Waals surface area (Å²) < 4.78 is 2.76. The van der Waals surface area contributed by atoms with Gasteiger partial charge in [-0.25, -0.2) is 38.6 Å². The minimum absolute atomic E-state index is 0.269. The molecule has 0 aliphatic carbocycles. The van der Waals surface area contributed by atoms with Gasteiger partial charge < -0.3 is 0 Å². The minimum atomic E-state index is -0.269. The van der Waals surface area contributed by atoms with Gasteiger partial charge in [0.2, 0.25) is 0 Å². The van der Waals surface area contributed by atoms with Crippen molar-refractivity contribution >= 4 is 11.0 Å². The summed E-state index contributed by atoms with van der Waals surface area (Å²) in [7, 11) is 0. The van der Waals surface area contributed by atoms with E-state index in [1.807, 2.05) is 0 Å². The van der Waals surface area contributed by atoms with Crippen molar-refractivity contribution in [3.63, 3.8) is 0 Å². The van der Waals surface area contributed by atoms with Crippen molar-refractivity contribution in [2.75, 3.05) is 0 Å². The molecule has 0 saturated heterocycles. The molecule has 0 amide bonds. The number of imidazole rings is 2. The van der Waals surface area contributed by atoms with Gasteiger partial charge in [0, 0.05) is 0 Å². The number of aromatic amines is 2. The maximum atomic E-state index is 10.8. The molecule has 0 radical (unpaired) electrons. The maximum Gasteiger partial charge on any atom is 0.347 e. The Morgan fingerprint density at radius 2 is 1.20 bits per heavy atom. The molecule has 4 aromatic heterocycles. The molecule has 2 N–H and O–H groups in total. The number of aromatic nitrogens is 8. The molecule has 100 valence electrons. The lowest BCUT2D eigenvalue weighted by atomic mass is 10.6. The van der Waals surface area contributed by atoms with Gasteiger partial charge in [-0.2, -0.15) is 10.2 Å². The van der Waals surface area contributed by atoms with E-state index in [0.717, 1.165) is 0 Å². The molecule has 0 aliphatic heterocycles. The lowest BCUT2D eigenvalue weighted by molar-refractivity contribution is 0.885. The monoisotopic (exact) mass is 272 g/mol. The van der Waals surface area contributed by atoms with Crippen LogP contribution in [0.2, 0.25) is 0 Å². The standard InChI is InChI=1S/2C5H4N4O/c2*10-5-8-7-2-4-1-6-3-9(4)5/h2*1-3H,(H,8,10). The summed E-state index contributed by atoms with van der Waals surface area (Å²) in [6, 6.07) is 0. The first-order valence-corrected chi connectivity index (χ1v) is 5.47. The Morgan fingerprint density at radius 3 is 1.60 bits per heavy atom. The lowest BCUT2D eigenvalue weighted by Crippen LogP contribution is -2.15. The highest BCUT2D eigenvalue weighted by Crippen LogP contribution is 1.91. The van der Waals surface area contributed by atoms with Crippen LogP contribution in [0.1, 0.15) is 0 Å². The maximum absolute atomic E-state index is 10.8. The van der Waals surface area contributed by atoms with Gasteiger partial charge in [0.25, 0.3) is 0 Å². The van der Waals surface area contributed by atoms with Gasteiger partial charge in [-0.05, 0) is 0 Å². The van der Waals surface area contributed by atoms with Crippen molar-refractivity contribution in [2.45, 2.75) is 0 Å². The van der Waals surface area contributed by atoms with Gasteiger partial charge in [0.15, 0.2) is 0 Å². The van der Waals surface area contributed by atoms with E-state index < -0.39 is 0 Å². The van der Waals surface area contributed by atoms with Crippen molar-refractivity contribution < 1.29 is 0 Å². The van der Waals surface area contributed by atoms with E-state index >= 15 is 0 Å². The van der Waals surface area contributed by atoms with Gasteiger partial charge >= 0.3 is 11.4 Å². The first-order chi connectivity index (χ1) is 9.75. The molecular formula is C10H8N8O2. The highest BCUT2D eigenvalue weighted by molar-refractivity contribution is 5.40. The second kappa shape index (κ2) is 4.76. The largest absolute Gasteiger partial charge is 0.347 e. The van der Waals surface area contributed by atoms with Crippen LogP contribution < -0.4 is 11.4 Å². The summed E-state index contributed by atoms with van der Waals surface area (Å²) >= 11 is 0. The number of H-pyrrole nitrogens is 2. The fraction of sp³-hybridized carbons (Fsp3) is 0. The zero-order valence-electron chi connectivity index (χ0n) is 9.96. The van der Waals surface area contributed by atoms with Crippen LogP contribution in [0.5, 0.6) is 0 Å². The molecule has 0 spiro atoms. The first kappa shape index (κ1) is 11.8. The summed E-state index contributed by atoms with van der Waals surface area (Å²) in [4.78, 5) is 29.2. The number of hydrogen-bond acceptors (Lipinski definition) is 6. The van der Waals surface area contributed by atoms with Crippen molar-refractivity contribution in [2.24, 2.45) is 0 Å². The molecule has 4 rings (SSSR count). The van der Waals surface area contributed by atoms with E-state index in [0.29, 0.717) is 11.0 Å². The van der Waals surface area contributed by atoms with Crippen LogP contribution in [0.25, 0.3) is 11.0 Å². The van der Waals surface area contributed by atoms with Crippen molar-refractivity contribution in [1.29, 1.82) is 0 Å². The van der Waals surface area contributed by atoms with Crippen LogP contribution in [0, 0.1) is 0 Å². The summed E-state index contributed by atoms with van der Waals surface area (Å²) in [5.41, 5.74) is 0.859. The molecule has 0 saturated carbocycles. The van der Waals surface area contributed by atoms with E-state index in [1.165, 1.54) is 33.8 Å². The molecule has 0 aromatic carbocycles. The van der Waals surface area contributed by atoms with Crippen LogP contribution in [-0.2, 0) is 0 Å². The molecular weight excluding hydrogens is 264 g/mol. The second-order valence-electron chi connectivity index (χ2n) is 3.73. The van der Waals surface area contributed by atoms with Crippen molar-refractivity contribution in [3.05, 3.63) is 58.4 Å². The third-order valence-electron chi connectivity index (χ3n) is 2.49. The Hall–Kier alpha value is -3.30. The van der Waals surface area contributed by atoms with Crippen LogP contribution in [0.3, 0.4) is 0 Å². The summed E-state index contributed by atoms with van der Waals surface area (Å²) in [6.07, 6.45) is 9.10. The van der Waals surface area contributed by atoms with Gasteiger partial charge in [0.05, 0.1) is 35.8 Å². The fourth-order valence-corrected chi connectivity index (χ4v) is 1.56. The average molecular weight is 272 g/mol. The Bertz CT molecular complexity index is 882. The van der Waals surface area contributed by atoms with Crippen LogP contribution in [0.15, 0.2) is 47.0 Å². The third-order valence-corrected chi connectivity index (χ3v) is 2.49. The normalized spacial score (nSPS) is 10.4. The van der Waals surface area contributed by atoms with Gasteiger partial charge in [-0.1, -0.05) is 0 Å². The van der Waals surface area contributed by atoms with E-state index in [1.54, 1.807) is 12.4 Å². The topological polar surface area (TPSA) is 126 Å². The number of fused-ring (bicyclic) bond motifs is 2. The second-order valence-corrected chi connectivity index (χ2v) is 3.73. The van der Waals surface area contributed by atoms with E-state index in [-0.39, 0.29) is 11.4 Å². The molecule has 4 heterocycles. The van der Waals surface area contributed by atoms with Crippen molar-refractivity contribution in [1.82, 2.24) is 39.2 Å². The van der Waals surface area contributed by atoms with Gasteiger partial charge in [0.1, 0.15) is 12.7 Å². The summed E-state index contributed by atoms with van der Waals surface area (Å²) in [5.74, 6) is 0. The molecule has 4 aromatic rings. The molecule has 10 heteroatoms. The lowest BCUT2D eigenvalue weighted by Gasteiger charge is -1.86. The third kappa shape index (κ3) is 2.05. The van der Waals surface area contributed by atoms with E-state index in [4.69, 9.17) is 0 Å². The molecule has 0 bridgehead atoms. The smallest absolute Gasteiger partial charge is 0.248 e. The Labute approximate surface area is 109 Å². The van der Waals surface area contributed by atoms with E-state index in [9.17, 15) is 9.59 Å². The first-order valence-electron chi connectivity index (χ1n) is 5.47. The average Bonchev–Trinajstić information content (AvgIpc) is 3.08. The minimum Gasteiger partial charge on any atom is -0.248 e. The highest BCUT2D eigenvalue weighted by Gasteiger charge is 1.94. The van der Waals surface area contributed by atoms with Crippen molar-refractivity contribution in [3.8, 4) is 0 Å². The molecule has 10 nitrogen and oxygen atoms in total. The van der Waals surface area contributed by atoms with E-state index in [2.05, 4.69) is 30.4 Å². The molecule has 20 heavy (non-hydrogen) atoms. The van der Waals surface area contributed by atoms with Gasteiger partial charge in [-0.3, -0.25) is 0 Å². The predicted molar refractivity (Wildman–Crippen MR) is 67.2 cm³/mol. The predicted octanol–water partition coefficient (Wildman–Crippen LogP) is -1.16. The molecule has 0 fully saturated rings. The zero-order chi connectivity index (χ0) is 13.9. The van der Waals surface area contributed by atoms with Crippen LogP contribution >= 0.6 is 0 Å². The van der Waals surface area contributed by atoms with Crippen LogP contribution in [0.4, 0.5) is 0 Å². The Balaban J connectivity index is 0.000000121. The zero-order valence-corrected chi connectivity index (χ0v) is 9.96. The fourth-order valence-electron chi connectivity index (χ4n) is 1.56. The summed E-state index contributed by atoms with van der Waals surface area (Å²) in [5, 5.41) is 11.7. The number of nitrogens with zero attached hydrogens (tertiary/aromatic N) is 6. The molecule has 0 atom stereocenters. The Kier molecular flexibility index (Phi) is 2.80. The highest BCUT2D eigenvalue weighted by atomic mass is 16.1. The summed E-state index contributed by atoms with van der Waals surface area (Å²) in [6.45, 7) is 0. The number of nitrogens with one attached hydrogen (secondary N) is 2. The van der Waals surface area contributed by atoms with Gasteiger partial charge in [-0.15, -0.1) is 0 Å². The number of hydrogen-bond donors (Lipinski definition) is 2.